The van der Waals surface area contributed by atoms with Crippen molar-refractivity contribution < 1.29 is 9.59 Å². The zero-order valence-electron chi connectivity index (χ0n) is 15.0. The lowest BCUT2D eigenvalue weighted by Crippen LogP contribution is -2.42. The van der Waals surface area contributed by atoms with E-state index in [1.807, 2.05) is 62.4 Å². The summed E-state index contributed by atoms with van der Waals surface area (Å²) in [7, 11) is 0. The number of carbonyl (C=O) groups is 2. The lowest BCUT2D eigenvalue weighted by Gasteiger charge is -2.33. The number of carbonyl (C=O) groups excluding carboxylic acids is 2. The van der Waals surface area contributed by atoms with Crippen LogP contribution in [0.4, 0.5) is 5.69 Å². The van der Waals surface area contributed by atoms with Gasteiger partial charge in [-0.3, -0.25) is 9.59 Å². The maximum atomic E-state index is 13.3. The molecule has 0 aromatic heterocycles. The Morgan fingerprint density at radius 1 is 1.19 bits per heavy atom. The molecule has 1 aliphatic rings. The molecule has 1 aliphatic heterocycles. The minimum Gasteiger partial charge on any atom is -0.324 e. The number of nitrogens with one attached hydrogen (secondary N) is 1. The molecule has 1 atom stereocenters. The summed E-state index contributed by atoms with van der Waals surface area (Å²) in [4.78, 5) is 27.5. The summed E-state index contributed by atoms with van der Waals surface area (Å²) in [6.45, 7) is 4.10. The molecule has 0 unspecified atom stereocenters. The van der Waals surface area contributed by atoms with E-state index in [1.54, 1.807) is 4.90 Å². The number of fused-ring (bicyclic) bond motifs is 1. The van der Waals surface area contributed by atoms with Crippen LogP contribution in [-0.2, 0) is 9.59 Å². The second-order valence-corrected chi connectivity index (χ2v) is 7.49. The van der Waals surface area contributed by atoms with Gasteiger partial charge in [0, 0.05) is 21.6 Å². The molecule has 2 aromatic carbocycles. The van der Waals surface area contributed by atoms with Gasteiger partial charge in [0.15, 0.2) is 0 Å². The fourth-order valence-corrected chi connectivity index (χ4v) is 3.93. The lowest BCUT2D eigenvalue weighted by molar-refractivity contribution is -0.140. The van der Waals surface area contributed by atoms with Crippen molar-refractivity contribution in [3.8, 4) is 0 Å². The van der Waals surface area contributed by atoms with Crippen LogP contribution in [0.15, 0.2) is 53.0 Å². The van der Waals surface area contributed by atoms with Crippen molar-refractivity contribution in [3.05, 3.63) is 64.1 Å². The van der Waals surface area contributed by atoms with Gasteiger partial charge in [0.1, 0.15) is 6.54 Å². The standard InChI is InChI=1S/C21H23BrN2O2/c1-3-14(4-2)21(26)24-13-19(25)23-18-11-10-16(22)12-17(18)20(24)15-8-6-5-7-9-15/h5-12,14,20H,3-4,13H2,1-2H3,(H,23,25)/t20-/m0/s1. The van der Waals surface area contributed by atoms with Gasteiger partial charge in [-0.2, -0.15) is 0 Å². The first-order valence-electron chi connectivity index (χ1n) is 8.99. The summed E-state index contributed by atoms with van der Waals surface area (Å²) in [6, 6.07) is 15.4. The van der Waals surface area contributed by atoms with E-state index in [9.17, 15) is 9.59 Å². The van der Waals surface area contributed by atoms with E-state index < -0.39 is 0 Å². The quantitative estimate of drug-likeness (QED) is 0.783. The third-order valence-electron chi connectivity index (χ3n) is 4.94. The van der Waals surface area contributed by atoms with Gasteiger partial charge in [0.25, 0.3) is 0 Å². The summed E-state index contributed by atoms with van der Waals surface area (Å²) in [5.41, 5.74) is 2.69. The maximum absolute atomic E-state index is 13.3. The van der Waals surface area contributed by atoms with Gasteiger partial charge in [0.05, 0.1) is 6.04 Å². The van der Waals surface area contributed by atoms with Gasteiger partial charge in [-0.05, 0) is 36.6 Å². The van der Waals surface area contributed by atoms with E-state index >= 15 is 0 Å². The van der Waals surface area contributed by atoms with Crippen LogP contribution in [0.2, 0.25) is 0 Å². The highest BCUT2D eigenvalue weighted by molar-refractivity contribution is 9.10. The van der Waals surface area contributed by atoms with E-state index in [0.717, 1.165) is 34.1 Å². The predicted octanol–water partition coefficient (Wildman–Crippen LogP) is 4.76. The number of hydrogen-bond donors (Lipinski definition) is 1. The number of amides is 2. The SMILES string of the molecule is CCC(CC)C(=O)N1CC(=O)Nc2ccc(Br)cc2[C@@H]1c1ccccc1. The fraction of sp³-hybridized carbons (Fsp3) is 0.333. The number of halogens is 1. The van der Waals surface area contributed by atoms with Crippen LogP contribution >= 0.6 is 15.9 Å². The monoisotopic (exact) mass is 414 g/mol. The predicted molar refractivity (Wildman–Crippen MR) is 107 cm³/mol. The van der Waals surface area contributed by atoms with E-state index in [2.05, 4.69) is 21.2 Å². The first-order valence-corrected chi connectivity index (χ1v) is 9.79. The van der Waals surface area contributed by atoms with Gasteiger partial charge in [-0.1, -0.05) is 60.1 Å². The summed E-state index contributed by atoms with van der Waals surface area (Å²) in [5, 5.41) is 2.96. The minimum atomic E-state index is -0.296. The van der Waals surface area contributed by atoms with E-state index in [-0.39, 0.29) is 30.3 Å². The zero-order chi connectivity index (χ0) is 18.7. The molecule has 1 N–H and O–H groups in total. The van der Waals surface area contributed by atoms with Crippen LogP contribution in [0.5, 0.6) is 0 Å². The molecule has 0 saturated carbocycles. The van der Waals surface area contributed by atoms with Gasteiger partial charge < -0.3 is 10.2 Å². The van der Waals surface area contributed by atoms with Crippen LogP contribution < -0.4 is 5.32 Å². The Bertz CT molecular complexity index is 803. The molecule has 2 amide bonds. The van der Waals surface area contributed by atoms with Crippen molar-refractivity contribution in [3.63, 3.8) is 0 Å². The Labute approximate surface area is 162 Å². The normalized spacial score (nSPS) is 16.8. The Kier molecular flexibility index (Phi) is 5.77. The first kappa shape index (κ1) is 18.6. The highest BCUT2D eigenvalue weighted by atomic mass is 79.9. The van der Waals surface area contributed by atoms with Gasteiger partial charge in [-0.15, -0.1) is 0 Å². The second-order valence-electron chi connectivity index (χ2n) is 6.57. The number of nitrogens with zero attached hydrogens (tertiary/aromatic N) is 1. The summed E-state index contributed by atoms with van der Waals surface area (Å²) in [5.74, 6) is -0.208. The largest absolute Gasteiger partial charge is 0.324 e. The smallest absolute Gasteiger partial charge is 0.244 e. The van der Waals surface area contributed by atoms with Crippen molar-refractivity contribution in [2.45, 2.75) is 32.7 Å². The van der Waals surface area contributed by atoms with Crippen molar-refractivity contribution in [1.82, 2.24) is 4.90 Å². The molecular weight excluding hydrogens is 392 g/mol. The van der Waals surface area contributed by atoms with Crippen molar-refractivity contribution >= 4 is 33.4 Å². The van der Waals surface area contributed by atoms with Crippen LogP contribution in [0, 0.1) is 5.92 Å². The van der Waals surface area contributed by atoms with Crippen LogP contribution in [0.25, 0.3) is 0 Å². The van der Waals surface area contributed by atoms with Crippen LogP contribution in [0.3, 0.4) is 0 Å². The fourth-order valence-electron chi connectivity index (χ4n) is 3.55. The molecule has 2 aromatic rings. The molecule has 3 rings (SSSR count). The third kappa shape index (κ3) is 3.68. The Hall–Kier alpha value is -2.14. The molecule has 26 heavy (non-hydrogen) atoms. The van der Waals surface area contributed by atoms with Crippen molar-refractivity contribution in [2.24, 2.45) is 5.92 Å². The molecule has 136 valence electrons. The molecule has 0 bridgehead atoms. The average molecular weight is 415 g/mol. The Balaban J connectivity index is 2.17. The van der Waals surface area contributed by atoms with Crippen LogP contribution in [-0.4, -0.2) is 23.3 Å². The van der Waals surface area contributed by atoms with Gasteiger partial charge >= 0.3 is 0 Å². The molecule has 1 heterocycles. The Morgan fingerprint density at radius 2 is 1.88 bits per heavy atom. The molecule has 0 radical (unpaired) electrons. The molecular formula is C21H23BrN2O2. The van der Waals surface area contributed by atoms with Crippen LogP contribution in [0.1, 0.15) is 43.9 Å². The number of hydrogen-bond acceptors (Lipinski definition) is 2. The third-order valence-corrected chi connectivity index (χ3v) is 5.43. The molecule has 0 spiro atoms. The topological polar surface area (TPSA) is 49.4 Å². The number of rotatable bonds is 4. The minimum absolute atomic E-state index is 0.0341. The Morgan fingerprint density at radius 3 is 2.54 bits per heavy atom. The number of anilines is 1. The number of benzene rings is 2. The maximum Gasteiger partial charge on any atom is 0.244 e. The molecule has 5 heteroatoms. The zero-order valence-corrected chi connectivity index (χ0v) is 16.6. The van der Waals surface area contributed by atoms with Crippen molar-refractivity contribution in [1.29, 1.82) is 0 Å². The van der Waals surface area contributed by atoms with Gasteiger partial charge in [0.2, 0.25) is 11.8 Å². The highest BCUT2D eigenvalue weighted by Gasteiger charge is 2.35. The summed E-state index contributed by atoms with van der Waals surface area (Å²) < 4.78 is 0.920. The second kappa shape index (κ2) is 8.04. The highest BCUT2D eigenvalue weighted by Crippen LogP contribution is 2.38. The van der Waals surface area contributed by atoms with Gasteiger partial charge in [-0.25, -0.2) is 0 Å². The molecule has 4 nitrogen and oxygen atoms in total. The molecule has 0 saturated heterocycles. The summed E-state index contributed by atoms with van der Waals surface area (Å²) in [6.07, 6.45) is 1.53. The van der Waals surface area contributed by atoms with E-state index in [1.165, 1.54) is 0 Å². The molecule has 0 fully saturated rings. The summed E-state index contributed by atoms with van der Waals surface area (Å²) >= 11 is 3.53. The lowest BCUT2D eigenvalue weighted by atomic mass is 9.93. The van der Waals surface area contributed by atoms with E-state index in [4.69, 9.17) is 0 Å². The molecule has 0 aliphatic carbocycles. The van der Waals surface area contributed by atoms with E-state index in [0.29, 0.717) is 0 Å². The van der Waals surface area contributed by atoms with Crippen molar-refractivity contribution in [2.75, 3.05) is 11.9 Å². The first-order chi connectivity index (χ1) is 12.5. The average Bonchev–Trinajstić information content (AvgIpc) is 2.79.